The molecular formula is C23H22FN5O2. The van der Waals surface area contributed by atoms with Crippen molar-refractivity contribution in [3.63, 3.8) is 0 Å². The largest absolute Gasteiger partial charge is 0.481 e. The van der Waals surface area contributed by atoms with Crippen molar-refractivity contribution in [3.05, 3.63) is 48.7 Å². The van der Waals surface area contributed by atoms with Gasteiger partial charge in [-0.05, 0) is 55.7 Å². The smallest absolute Gasteiger partial charge is 0.308 e. The normalized spacial score (nSPS) is 25.3. The molecule has 7 nitrogen and oxygen atoms in total. The molecule has 0 radical (unpaired) electrons. The minimum absolute atomic E-state index is 0.140. The Morgan fingerprint density at radius 3 is 2.84 bits per heavy atom. The first-order valence-electron chi connectivity index (χ1n) is 10.7. The zero-order chi connectivity index (χ0) is 21.1. The Morgan fingerprint density at radius 2 is 2.03 bits per heavy atom. The fourth-order valence-corrected chi connectivity index (χ4v) is 5.67. The van der Waals surface area contributed by atoms with Crippen LogP contribution in [0, 0.1) is 23.6 Å². The summed E-state index contributed by atoms with van der Waals surface area (Å²) in [4.78, 5) is 24.1. The van der Waals surface area contributed by atoms with E-state index in [9.17, 15) is 14.3 Å². The highest BCUT2D eigenvalue weighted by atomic mass is 19.1. The molecule has 3 aliphatic carbocycles. The lowest BCUT2D eigenvalue weighted by atomic mass is 9.61. The van der Waals surface area contributed by atoms with E-state index < -0.39 is 17.7 Å². The van der Waals surface area contributed by atoms with E-state index in [1.807, 2.05) is 28.8 Å². The van der Waals surface area contributed by atoms with Gasteiger partial charge < -0.3 is 15.4 Å². The molecule has 31 heavy (non-hydrogen) atoms. The number of imidazole rings is 1. The number of aromatic amines is 1. The molecule has 7 rings (SSSR count). The summed E-state index contributed by atoms with van der Waals surface area (Å²) in [6.45, 7) is 0. The molecule has 4 aromatic heterocycles. The number of anilines is 1. The van der Waals surface area contributed by atoms with Gasteiger partial charge in [0.1, 0.15) is 17.3 Å². The molecule has 3 saturated carbocycles. The molecule has 0 aliphatic heterocycles. The van der Waals surface area contributed by atoms with Gasteiger partial charge in [0, 0.05) is 29.4 Å². The third kappa shape index (κ3) is 2.81. The molecule has 8 heteroatoms. The molecule has 1 unspecified atom stereocenters. The summed E-state index contributed by atoms with van der Waals surface area (Å²) < 4.78 is 15.8. The van der Waals surface area contributed by atoms with Crippen molar-refractivity contribution in [1.82, 2.24) is 19.4 Å². The van der Waals surface area contributed by atoms with Gasteiger partial charge in [-0.15, -0.1) is 0 Å². The summed E-state index contributed by atoms with van der Waals surface area (Å²) in [6, 6.07) is 7.12. The third-order valence-corrected chi connectivity index (χ3v) is 7.09. The number of rotatable bonds is 4. The maximum absolute atomic E-state index is 13.9. The standard InChI is InChI=1S/C23H22FN5O2/c24-14-9-15-16(11-26-20(15)25-10-14)22-28-21(17-3-1-2-8-29(17)22)27-19-13-6-4-12(5-7-13)18(19)23(30)31/h1-3,8-13,18-19,27H,4-7H2,(H,25,26)(H,30,31)/t12?,13?,18-,19?/m0/s1. The molecule has 2 atom stereocenters. The number of aliphatic carboxylic acids is 1. The average Bonchev–Trinajstić information content (AvgIpc) is 3.35. The first-order valence-corrected chi connectivity index (χ1v) is 10.7. The van der Waals surface area contributed by atoms with Gasteiger partial charge in [-0.2, -0.15) is 0 Å². The average molecular weight is 419 g/mol. The van der Waals surface area contributed by atoms with Crippen molar-refractivity contribution in [3.8, 4) is 11.4 Å². The third-order valence-electron chi connectivity index (χ3n) is 7.09. The Kier molecular flexibility index (Phi) is 4.03. The second kappa shape index (κ2) is 6.80. The predicted molar refractivity (Wildman–Crippen MR) is 114 cm³/mol. The number of halogens is 1. The van der Waals surface area contributed by atoms with E-state index in [-0.39, 0.29) is 12.0 Å². The van der Waals surface area contributed by atoms with Gasteiger partial charge in [0.25, 0.3) is 0 Å². The van der Waals surface area contributed by atoms with E-state index >= 15 is 0 Å². The molecule has 4 heterocycles. The number of nitrogens with zero attached hydrogens (tertiary/aromatic N) is 3. The van der Waals surface area contributed by atoms with Gasteiger partial charge in [0.2, 0.25) is 0 Å². The van der Waals surface area contributed by atoms with Gasteiger partial charge in [-0.3, -0.25) is 9.20 Å². The van der Waals surface area contributed by atoms with Crippen LogP contribution in [0.5, 0.6) is 0 Å². The summed E-state index contributed by atoms with van der Waals surface area (Å²) in [5.41, 5.74) is 2.20. The van der Waals surface area contributed by atoms with Gasteiger partial charge in [-0.25, -0.2) is 14.4 Å². The van der Waals surface area contributed by atoms with E-state index in [1.165, 1.54) is 12.3 Å². The van der Waals surface area contributed by atoms with Crippen molar-refractivity contribution in [2.24, 2.45) is 17.8 Å². The molecule has 4 aromatic rings. The Bertz CT molecular complexity index is 1300. The summed E-state index contributed by atoms with van der Waals surface area (Å²) in [7, 11) is 0. The minimum atomic E-state index is -0.728. The Morgan fingerprint density at radius 1 is 1.23 bits per heavy atom. The van der Waals surface area contributed by atoms with Crippen LogP contribution in [0.2, 0.25) is 0 Å². The lowest BCUT2D eigenvalue weighted by molar-refractivity contribution is -0.148. The fourth-order valence-electron chi connectivity index (χ4n) is 5.67. The second-order valence-corrected chi connectivity index (χ2v) is 8.70. The molecule has 3 fully saturated rings. The maximum atomic E-state index is 13.9. The Balaban J connectivity index is 1.47. The minimum Gasteiger partial charge on any atom is -0.481 e. The number of nitrogens with one attached hydrogen (secondary N) is 2. The van der Waals surface area contributed by atoms with Crippen LogP contribution in [0.25, 0.3) is 27.9 Å². The van der Waals surface area contributed by atoms with Crippen LogP contribution in [0.4, 0.5) is 10.2 Å². The number of fused-ring (bicyclic) bond motifs is 5. The number of carbonyl (C=O) groups is 1. The molecule has 3 N–H and O–H groups in total. The van der Waals surface area contributed by atoms with Crippen molar-refractivity contribution >= 4 is 28.3 Å². The maximum Gasteiger partial charge on any atom is 0.308 e. The summed E-state index contributed by atoms with van der Waals surface area (Å²) >= 11 is 0. The van der Waals surface area contributed by atoms with Crippen LogP contribution in [-0.4, -0.2) is 36.5 Å². The van der Waals surface area contributed by atoms with Crippen LogP contribution in [-0.2, 0) is 4.79 Å². The number of hydrogen-bond donors (Lipinski definition) is 3. The highest BCUT2D eigenvalue weighted by molar-refractivity contribution is 5.93. The quantitative estimate of drug-likeness (QED) is 0.458. The van der Waals surface area contributed by atoms with Crippen molar-refractivity contribution in [2.45, 2.75) is 31.7 Å². The van der Waals surface area contributed by atoms with Crippen LogP contribution >= 0.6 is 0 Å². The van der Waals surface area contributed by atoms with Crippen LogP contribution in [0.1, 0.15) is 25.7 Å². The van der Waals surface area contributed by atoms with Crippen molar-refractivity contribution in [2.75, 3.05) is 5.32 Å². The highest BCUT2D eigenvalue weighted by Gasteiger charge is 2.47. The molecular weight excluding hydrogens is 397 g/mol. The zero-order valence-electron chi connectivity index (χ0n) is 16.8. The first-order chi connectivity index (χ1) is 15.1. The number of carboxylic acid groups (broad SMARTS) is 1. The topological polar surface area (TPSA) is 95.3 Å². The molecule has 0 saturated heterocycles. The first kappa shape index (κ1) is 18.4. The van der Waals surface area contributed by atoms with Crippen molar-refractivity contribution in [1.29, 1.82) is 0 Å². The van der Waals surface area contributed by atoms with Gasteiger partial charge in [0.15, 0.2) is 5.82 Å². The van der Waals surface area contributed by atoms with E-state index in [1.54, 1.807) is 6.20 Å². The summed E-state index contributed by atoms with van der Waals surface area (Å²) in [6.07, 6.45) is 8.97. The summed E-state index contributed by atoms with van der Waals surface area (Å²) in [5.74, 6) is 0.340. The molecule has 3 aliphatic rings. The van der Waals surface area contributed by atoms with Gasteiger partial charge in [0.05, 0.1) is 17.6 Å². The Hall–Kier alpha value is -3.42. The number of pyridine rings is 2. The van der Waals surface area contributed by atoms with E-state index in [4.69, 9.17) is 4.98 Å². The van der Waals surface area contributed by atoms with E-state index in [2.05, 4.69) is 15.3 Å². The van der Waals surface area contributed by atoms with Crippen LogP contribution in [0.3, 0.4) is 0 Å². The number of H-pyrrole nitrogens is 1. The van der Waals surface area contributed by atoms with E-state index in [0.29, 0.717) is 28.6 Å². The molecule has 158 valence electrons. The van der Waals surface area contributed by atoms with Crippen LogP contribution < -0.4 is 5.32 Å². The molecule has 0 aromatic carbocycles. The van der Waals surface area contributed by atoms with Crippen LogP contribution in [0.15, 0.2) is 42.9 Å². The Labute approximate surface area is 177 Å². The number of aromatic nitrogens is 4. The number of hydrogen-bond acceptors (Lipinski definition) is 4. The SMILES string of the molecule is O=C(O)[C@H]1C2CCC(CC2)C1Nc1nc(-c2c[nH]c3ncc(F)cc23)n2ccccc12. The monoisotopic (exact) mass is 419 g/mol. The predicted octanol–water partition coefficient (Wildman–Crippen LogP) is 4.32. The fraction of sp³-hybridized carbons (Fsp3) is 0.348. The van der Waals surface area contributed by atoms with E-state index in [0.717, 1.165) is 36.8 Å². The molecule has 0 amide bonds. The molecule has 0 spiro atoms. The van der Waals surface area contributed by atoms with Crippen molar-refractivity contribution < 1.29 is 14.3 Å². The lowest BCUT2D eigenvalue weighted by Crippen LogP contribution is -2.51. The van der Waals surface area contributed by atoms with Gasteiger partial charge in [-0.1, -0.05) is 6.07 Å². The lowest BCUT2D eigenvalue weighted by Gasteiger charge is -2.47. The number of carboxylic acids is 1. The zero-order valence-corrected chi connectivity index (χ0v) is 16.8. The summed E-state index contributed by atoms with van der Waals surface area (Å²) in [5, 5.41) is 14.1. The second-order valence-electron chi connectivity index (χ2n) is 8.70. The molecule has 2 bridgehead atoms. The van der Waals surface area contributed by atoms with Gasteiger partial charge >= 0.3 is 5.97 Å². The highest BCUT2D eigenvalue weighted by Crippen LogP contribution is 2.46.